The number of piperidine rings is 1. The van der Waals surface area contributed by atoms with Crippen molar-refractivity contribution in [2.45, 2.75) is 44.6 Å². The van der Waals surface area contributed by atoms with E-state index in [4.69, 9.17) is 9.84 Å². The number of benzene rings is 2. The number of carbonyl (C=O) groups is 1. The summed E-state index contributed by atoms with van der Waals surface area (Å²) in [6.07, 6.45) is -9.17. The molecule has 1 aliphatic heterocycles. The molecular weight excluding hydrogens is 606 g/mol. The van der Waals surface area contributed by atoms with Crippen LogP contribution in [-0.4, -0.2) is 56.7 Å². The average molecular weight is 635 g/mol. The highest BCUT2D eigenvalue weighted by Gasteiger charge is 2.41. The summed E-state index contributed by atoms with van der Waals surface area (Å²) in [4.78, 5) is 16.7. The lowest BCUT2D eigenvalue weighted by Gasteiger charge is -2.32. The fourth-order valence-corrected chi connectivity index (χ4v) is 5.39. The maximum absolute atomic E-state index is 13.9. The summed E-state index contributed by atoms with van der Waals surface area (Å²) in [6, 6.07) is 17.4. The molecule has 1 saturated heterocycles. The van der Waals surface area contributed by atoms with Crippen LogP contribution in [0.1, 0.15) is 41.1 Å². The number of likely N-dealkylation sites (tertiary alicyclic amines) is 1. The first kappa shape index (κ1) is 31.8. The molecule has 0 radical (unpaired) electrons. The van der Waals surface area contributed by atoms with E-state index in [0.717, 1.165) is 16.7 Å². The van der Waals surface area contributed by atoms with Crippen LogP contribution in [0.3, 0.4) is 0 Å². The summed E-state index contributed by atoms with van der Waals surface area (Å²) >= 11 is 0. The minimum atomic E-state index is -4.99. The molecule has 45 heavy (non-hydrogen) atoms. The van der Waals surface area contributed by atoms with Crippen LogP contribution in [-0.2, 0) is 12.8 Å². The molecule has 1 fully saturated rings. The number of nitrogens with zero attached hydrogens (tertiary/aromatic N) is 4. The lowest BCUT2D eigenvalue weighted by Crippen LogP contribution is -2.39. The zero-order valence-electron chi connectivity index (χ0n) is 23.9. The smallest absolute Gasteiger partial charge is 0.488 e. The quantitative estimate of drug-likeness (QED) is 0.157. The number of para-hydroxylation sites is 1. The second-order valence-corrected chi connectivity index (χ2v) is 10.7. The molecule has 4 aromatic rings. The molecule has 0 bridgehead atoms. The summed E-state index contributed by atoms with van der Waals surface area (Å²) < 4.78 is 90.6. The minimum absolute atomic E-state index is 0.171. The Morgan fingerprint density at radius 1 is 0.978 bits per heavy atom. The molecule has 3 heterocycles. The maximum atomic E-state index is 13.9. The van der Waals surface area contributed by atoms with Crippen molar-refractivity contribution in [3.05, 3.63) is 89.2 Å². The van der Waals surface area contributed by atoms with E-state index in [1.807, 2.05) is 37.3 Å². The van der Waals surface area contributed by atoms with E-state index in [1.54, 1.807) is 18.2 Å². The normalized spacial score (nSPS) is 14.8. The van der Waals surface area contributed by atoms with Crippen molar-refractivity contribution in [1.82, 2.24) is 19.7 Å². The fraction of sp³-hybridized carbons (Fsp3) is 0.323. The Kier molecular flexibility index (Phi) is 9.05. The second-order valence-electron chi connectivity index (χ2n) is 10.7. The Balaban J connectivity index is 1.32. The van der Waals surface area contributed by atoms with E-state index in [9.17, 15) is 31.1 Å². The number of aromatic nitrogens is 3. The molecule has 0 saturated carbocycles. The van der Waals surface area contributed by atoms with Crippen LogP contribution in [0.5, 0.6) is 11.5 Å². The number of ether oxygens (including phenoxy) is 2. The fourth-order valence-electron chi connectivity index (χ4n) is 5.39. The molecule has 0 aliphatic carbocycles. The van der Waals surface area contributed by atoms with Crippen LogP contribution in [0.15, 0.2) is 66.9 Å². The van der Waals surface area contributed by atoms with Crippen LogP contribution in [0.2, 0.25) is 0 Å². The van der Waals surface area contributed by atoms with Crippen LogP contribution < -0.4 is 9.47 Å². The summed E-state index contributed by atoms with van der Waals surface area (Å²) in [5.74, 6) is -0.549. The summed E-state index contributed by atoms with van der Waals surface area (Å²) in [6.45, 7) is 1.87. The van der Waals surface area contributed by atoms with Crippen LogP contribution in [0.25, 0.3) is 17.1 Å². The number of alkyl halides is 6. The van der Waals surface area contributed by atoms with E-state index >= 15 is 0 Å². The van der Waals surface area contributed by atoms with E-state index in [0.29, 0.717) is 53.8 Å². The van der Waals surface area contributed by atoms with Crippen LogP contribution in [0.4, 0.5) is 31.1 Å². The zero-order valence-corrected chi connectivity index (χ0v) is 23.9. The van der Waals surface area contributed by atoms with Crippen molar-refractivity contribution in [3.8, 4) is 28.6 Å². The Labute approximate surface area is 253 Å². The first-order valence-electron chi connectivity index (χ1n) is 13.9. The third-order valence-corrected chi connectivity index (χ3v) is 7.47. The maximum Gasteiger partial charge on any atom is 0.511 e. The molecule has 0 spiro atoms. The number of carboxylic acid groups (broad SMARTS) is 1. The van der Waals surface area contributed by atoms with Gasteiger partial charge in [0.2, 0.25) is 0 Å². The molecule has 14 heteroatoms. The number of hydrogen-bond acceptors (Lipinski definition) is 6. The zero-order chi connectivity index (χ0) is 32.4. The number of pyridine rings is 1. The van der Waals surface area contributed by atoms with Gasteiger partial charge in [0.1, 0.15) is 12.4 Å². The average Bonchev–Trinajstić information content (AvgIpc) is 3.40. The molecule has 0 atom stereocenters. The van der Waals surface area contributed by atoms with E-state index < -0.39 is 36.5 Å². The van der Waals surface area contributed by atoms with Crippen molar-refractivity contribution in [2.24, 2.45) is 0 Å². The van der Waals surface area contributed by atoms with Gasteiger partial charge in [0.15, 0.2) is 17.3 Å². The Morgan fingerprint density at radius 3 is 2.31 bits per heavy atom. The topological polar surface area (TPSA) is 89.7 Å². The Bertz CT molecular complexity index is 1650. The van der Waals surface area contributed by atoms with Crippen LogP contribution in [0, 0.1) is 6.92 Å². The lowest BCUT2D eigenvalue weighted by molar-refractivity contribution is -0.148. The van der Waals surface area contributed by atoms with E-state index in [2.05, 4.69) is 14.8 Å². The number of halogens is 6. The molecule has 0 unspecified atom stereocenters. The molecule has 8 nitrogen and oxygen atoms in total. The predicted molar refractivity (Wildman–Crippen MR) is 150 cm³/mol. The third kappa shape index (κ3) is 7.74. The highest BCUT2D eigenvalue weighted by Crippen LogP contribution is 2.38. The summed E-state index contributed by atoms with van der Waals surface area (Å²) in [5, 5.41) is 12.5. The van der Waals surface area contributed by atoms with Crippen LogP contribution >= 0.6 is 0 Å². The summed E-state index contributed by atoms with van der Waals surface area (Å²) in [5.41, 5.74) is 2.04. The van der Waals surface area contributed by atoms with Crippen molar-refractivity contribution in [3.63, 3.8) is 0 Å². The minimum Gasteiger partial charge on any atom is -0.488 e. The lowest BCUT2D eigenvalue weighted by atomic mass is 9.89. The van der Waals surface area contributed by atoms with Gasteiger partial charge < -0.3 is 14.6 Å². The molecule has 1 aliphatic rings. The van der Waals surface area contributed by atoms with Gasteiger partial charge in [-0.05, 0) is 73.7 Å². The van der Waals surface area contributed by atoms with Gasteiger partial charge in [-0.1, -0.05) is 42.5 Å². The first-order chi connectivity index (χ1) is 21.3. The molecule has 2 aromatic heterocycles. The third-order valence-electron chi connectivity index (χ3n) is 7.47. The van der Waals surface area contributed by atoms with Crippen molar-refractivity contribution in [2.75, 3.05) is 19.6 Å². The SMILES string of the molecule is Cc1cccc(-c2cccc(-n3ncc(OC(=O)O)c3C(F)(F)F)n2)c1OCc1ccc(C2CCN(CC(F)(F)F)CC2)cc1. The standard InChI is InChI=1S/C31H28F6N4O4/c1-19-4-2-5-23(24-6-3-7-26(39-24)41-28(31(35,36)37)25(16-38-41)45-29(42)43)27(19)44-17-20-8-10-21(11-9-20)22-12-14-40(15-13-22)18-30(32,33)34/h2-11,16,22H,12-15,17-18H2,1H3,(H,42,43). The first-order valence-corrected chi connectivity index (χ1v) is 13.9. The number of hydrogen-bond donors (Lipinski definition) is 1. The van der Waals surface area contributed by atoms with Crippen molar-refractivity contribution < 1.29 is 45.7 Å². The highest BCUT2D eigenvalue weighted by atomic mass is 19.4. The largest absolute Gasteiger partial charge is 0.511 e. The van der Waals surface area contributed by atoms with E-state index in [-0.39, 0.29) is 18.3 Å². The van der Waals surface area contributed by atoms with Gasteiger partial charge in [-0.25, -0.2) is 14.5 Å². The molecule has 5 rings (SSSR count). The van der Waals surface area contributed by atoms with Gasteiger partial charge in [0.05, 0.1) is 18.4 Å². The van der Waals surface area contributed by atoms with Gasteiger partial charge in [0.25, 0.3) is 0 Å². The number of rotatable bonds is 8. The highest BCUT2D eigenvalue weighted by molar-refractivity contribution is 5.70. The van der Waals surface area contributed by atoms with Gasteiger partial charge in [-0.2, -0.15) is 31.4 Å². The molecule has 2 aromatic carbocycles. The predicted octanol–water partition coefficient (Wildman–Crippen LogP) is 7.64. The Morgan fingerprint density at radius 2 is 1.67 bits per heavy atom. The molecule has 0 amide bonds. The van der Waals surface area contributed by atoms with Gasteiger partial charge in [0, 0.05) is 5.56 Å². The van der Waals surface area contributed by atoms with Gasteiger partial charge in [-0.15, -0.1) is 0 Å². The van der Waals surface area contributed by atoms with Crippen molar-refractivity contribution in [1.29, 1.82) is 0 Å². The molecular formula is C31H28F6N4O4. The monoisotopic (exact) mass is 634 g/mol. The van der Waals surface area contributed by atoms with Gasteiger partial charge >= 0.3 is 18.5 Å². The molecule has 1 N–H and O–H groups in total. The summed E-state index contributed by atoms with van der Waals surface area (Å²) in [7, 11) is 0. The second kappa shape index (κ2) is 12.8. The molecule has 238 valence electrons. The Hall–Kier alpha value is -4.59. The van der Waals surface area contributed by atoms with Crippen molar-refractivity contribution >= 4 is 6.16 Å². The number of aryl methyl sites for hydroxylation is 1. The van der Waals surface area contributed by atoms with Gasteiger partial charge in [-0.3, -0.25) is 4.90 Å². The van der Waals surface area contributed by atoms with E-state index in [1.165, 1.54) is 17.0 Å².